The lowest BCUT2D eigenvalue weighted by Gasteiger charge is -2.16. The number of hydrogen-bond donors (Lipinski definition) is 1. The molecule has 0 spiro atoms. The Kier molecular flexibility index (Phi) is 5.47. The molecule has 0 aromatic heterocycles. The summed E-state index contributed by atoms with van der Waals surface area (Å²) < 4.78 is 10.4. The number of ketones is 1. The van der Waals surface area contributed by atoms with E-state index in [0.717, 1.165) is 22.3 Å². The molecular formula is C20H22O5. The smallest absolute Gasteiger partial charge is 0.342 e. The first-order chi connectivity index (χ1) is 11.8. The van der Waals surface area contributed by atoms with Gasteiger partial charge in [0.05, 0.1) is 7.11 Å². The first kappa shape index (κ1) is 18.5. The molecule has 1 N–H and O–H groups in total. The lowest BCUT2D eigenvalue weighted by molar-refractivity contribution is 0.0467. The third kappa shape index (κ3) is 3.65. The number of para-hydroxylation sites is 1. The van der Waals surface area contributed by atoms with Gasteiger partial charge in [0.25, 0.3) is 0 Å². The lowest BCUT2D eigenvalue weighted by Crippen LogP contribution is -2.10. The second-order valence-electron chi connectivity index (χ2n) is 5.98. The second kappa shape index (κ2) is 7.38. The van der Waals surface area contributed by atoms with E-state index in [9.17, 15) is 14.7 Å². The van der Waals surface area contributed by atoms with Gasteiger partial charge in [0, 0.05) is 5.56 Å². The van der Waals surface area contributed by atoms with Gasteiger partial charge in [0.2, 0.25) is 0 Å². The molecule has 0 aliphatic rings. The van der Waals surface area contributed by atoms with Gasteiger partial charge in [0.15, 0.2) is 17.3 Å². The maximum Gasteiger partial charge on any atom is 0.342 e. The summed E-state index contributed by atoms with van der Waals surface area (Å²) in [4.78, 5) is 24.2. The van der Waals surface area contributed by atoms with Crippen LogP contribution in [0.25, 0.3) is 0 Å². The van der Waals surface area contributed by atoms with Gasteiger partial charge >= 0.3 is 5.97 Å². The summed E-state index contributed by atoms with van der Waals surface area (Å²) in [6, 6.07) is 6.54. The lowest BCUT2D eigenvalue weighted by atomic mass is 9.92. The molecule has 2 aromatic rings. The van der Waals surface area contributed by atoms with Gasteiger partial charge in [-0.3, -0.25) is 4.79 Å². The van der Waals surface area contributed by atoms with Crippen LogP contribution in [-0.4, -0.2) is 24.0 Å². The maximum absolute atomic E-state index is 12.3. The Bertz CT molecular complexity index is 836. The zero-order valence-electron chi connectivity index (χ0n) is 15.1. The highest BCUT2D eigenvalue weighted by atomic mass is 16.5. The van der Waals surface area contributed by atoms with Crippen LogP contribution in [-0.2, 0) is 11.3 Å². The molecule has 0 saturated heterocycles. The van der Waals surface area contributed by atoms with Crippen molar-refractivity contribution in [2.45, 2.75) is 34.3 Å². The Morgan fingerprint density at radius 3 is 2.40 bits per heavy atom. The minimum Gasteiger partial charge on any atom is -0.504 e. The molecule has 0 saturated carbocycles. The molecule has 0 aliphatic heterocycles. The molecule has 25 heavy (non-hydrogen) atoms. The summed E-state index contributed by atoms with van der Waals surface area (Å²) in [5.41, 5.74) is 4.15. The van der Waals surface area contributed by atoms with Crippen molar-refractivity contribution in [1.82, 2.24) is 0 Å². The van der Waals surface area contributed by atoms with Gasteiger partial charge < -0.3 is 14.6 Å². The fourth-order valence-electron chi connectivity index (χ4n) is 3.06. The largest absolute Gasteiger partial charge is 0.504 e. The van der Waals surface area contributed by atoms with Crippen LogP contribution in [0.4, 0.5) is 0 Å². The fraction of sp³-hybridized carbons (Fsp3) is 0.300. The minimum absolute atomic E-state index is 0.0204. The van der Waals surface area contributed by atoms with Crippen LogP contribution in [0.1, 0.15) is 49.9 Å². The molecule has 2 rings (SSSR count). The average Bonchev–Trinajstić information content (AvgIpc) is 2.53. The SMILES string of the molecule is COc1cccc(C(=O)OCc2c(C)cc(C)c(C(C)=O)c2C)c1O. The van der Waals surface area contributed by atoms with Crippen molar-refractivity contribution in [3.63, 3.8) is 0 Å². The number of rotatable bonds is 5. The summed E-state index contributed by atoms with van der Waals surface area (Å²) in [7, 11) is 1.41. The van der Waals surface area contributed by atoms with E-state index in [1.165, 1.54) is 20.1 Å². The molecular weight excluding hydrogens is 320 g/mol. The van der Waals surface area contributed by atoms with Gasteiger partial charge in [-0.25, -0.2) is 4.79 Å². The summed E-state index contributed by atoms with van der Waals surface area (Å²) in [6.45, 7) is 7.20. The summed E-state index contributed by atoms with van der Waals surface area (Å²) in [5, 5.41) is 10.0. The number of esters is 1. The van der Waals surface area contributed by atoms with Crippen LogP contribution in [0.15, 0.2) is 24.3 Å². The van der Waals surface area contributed by atoms with Gasteiger partial charge in [-0.05, 0) is 62.1 Å². The molecule has 0 aliphatic carbocycles. The number of ether oxygens (including phenoxy) is 2. The van der Waals surface area contributed by atoms with Crippen LogP contribution in [0, 0.1) is 20.8 Å². The van der Waals surface area contributed by atoms with Crippen molar-refractivity contribution in [2.24, 2.45) is 0 Å². The number of Topliss-reactive ketones (excluding diaryl/α,β-unsaturated/α-hetero) is 1. The number of phenolic OH excluding ortho intramolecular Hbond substituents is 1. The number of phenols is 1. The van der Waals surface area contributed by atoms with Gasteiger partial charge in [-0.1, -0.05) is 12.1 Å². The summed E-state index contributed by atoms with van der Waals surface area (Å²) in [6.07, 6.45) is 0. The molecule has 0 heterocycles. The van der Waals surface area contributed by atoms with Crippen molar-refractivity contribution >= 4 is 11.8 Å². The Morgan fingerprint density at radius 2 is 1.80 bits per heavy atom. The quantitative estimate of drug-likeness (QED) is 0.659. The third-order valence-electron chi connectivity index (χ3n) is 4.27. The van der Waals surface area contributed by atoms with Crippen molar-refractivity contribution in [3.05, 3.63) is 57.6 Å². The predicted molar refractivity (Wildman–Crippen MR) is 94.4 cm³/mol. The zero-order valence-corrected chi connectivity index (χ0v) is 15.1. The first-order valence-corrected chi connectivity index (χ1v) is 7.91. The number of carbonyl (C=O) groups is 2. The number of aromatic hydroxyl groups is 1. The molecule has 132 valence electrons. The molecule has 0 fully saturated rings. The van der Waals surface area contributed by atoms with Gasteiger partial charge in [0.1, 0.15) is 12.2 Å². The van der Waals surface area contributed by atoms with E-state index >= 15 is 0 Å². The van der Waals surface area contributed by atoms with E-state index in [1.807, 2.05) is 26.8 Å². The predicted octanol–water partition coefficient (Wildman–Crippen LogP) is 3.89. The molecule has 5 heteroatoms. The van der Waals surface area contributed by atoms with Crippen LogP contribution in [0.5, 0.6) is 11.5 Å². The average molecular weight is 342 g/mol. The molecule has 5 nitrogen and oxygen atoms in total. The third-order valence-corrected chi connectivity index (χ3v) is 4.27. The Balaban J connectivity index is 2.29. The number of methoxy groups -OCH3 is 1. The molecule has 0 atom stereocenters. The second-order valence-corrected chi connectivity index (χ2v) is 5.98. The Morgan fingerprint density at radius 1 is 1.12 bits per heavy atom. The zero-order chi connectivity index (χ0) is 18.7. The van der Waals surface area contributed by atoms with E-state index in [-0.39, 0.29) is 29.5 Å². The van der Waals surface area contributed by atoms with Crippen LogP contribution in [0.2, 0.25) is 0 Å². The van der Waals surface area contributed by atoms with Crippen molar-refractivity contribution in [1.29, 1.82) is 0 Å². The highest BCUT2D eigenvalue weighted by molar-refractivity contribution is 5.97. The molecule has 0 radical (unpaired) electrons. The number of carbonyl (C=O) groups excluding carboxylic acids is 2. The van der Waals surface area contributed by atoms with Crippen LogP contribution in [0.3, 0.4) is 0 Å². The van der Waals surface area contributed by atoms with Gasteiger partial charge in [-0.2, -0.15) is 0 Å². The number of aryl methyl sites for hydroxylation is 2. The fourth-order valence-corrected chi connectivity index (χ4v) is 3.06. The maximum atomic E-state index is 12.3. The van der Waals surface area contributed by atoms with E-state index < -0.39 is 5.97 Å². The summed E-state index contributed by atoms with van der Waals surface area (Å²) in [5.74, 6) is -0.721. The van der Waals surface area contributed by atoms with Crippen molar-refractivity contribution in [3.8, 4) is 11.5 Å². The van der Waals surface area contributed by atoms with Crippen molar-refractivity contribution in [2.75, 3.05) is 7.11 Å². The highest BCUT2D eigenvalue weighted by Gasteiger charge is 2.19. The van der Waals surface area contributed by atoms with Crippen LogP contribution >= 0.6 is 0 Å². The highest BCUT2D eigenvalue weighted by Crippen LogP contribution is 2.30. The Hall–Kier alpha value is -2.82. The van der Waals surface area contributed by atoms with Crippen LogP contribution < -0.4 is 4.74 Å². The Labute approximate surface area is 147 Å². The van der Waals surface area contributed by atoms with E-state index in [2.05, 4.69) is 0 Å². The molecule has 0 bridgehead atoms. The standard InChI is InChI=1S/C20H22O5/c1-11-9-12(2)18(14(4)21)13(3)16(11)10-25-20(23)15-7-6-8-17(24-5)19(15)22/h6-9,22H,10H2,1-5H3. The number of benzene rings is 2. The van der Waals surface area contributed by atoms with Gasteiger partial charge in [-0.15, -0.1) is 0 Å². The molecule has 2 aromatic carbocycles. The van der Waals surface area contributed by atoms with E-state index in [4.69, 9.17) is 9.47 Å². The number of hydrogen-bond acceptors (Lipinski definition) is 5. The topological polar surface area (TPSA) is 72.8 Å². The van der Waals surface area contributed by atoms with E-state index in [0.29, 0.717) is 5.56 Å². The van der Waals surface area contributed by atoms with Crippen molar-refractivity contribution < 1.29 is 24.2 Å². The first-order valence-electron chi connectivity index (χ1n) is 7.91. The minimum atomic E-state index is -0.653. The van der Waals surface area contributed by atoms with E-state index in [1.54, 1.807) is 12.1 Å². The normalized spacial score (nSPS) is 10.4. The molecule has 0 amide bonds. The molecule has 0 unspecified atom stereocenters. The summed E-state index contributed by atoms with van der Waals surface area (Å²) >= 11 is 0. The monoisotopic (exact) mass is 342 g/mol.